The number of hydrogen-bond acceptors (Lipinski definition) is 10. The van der Waals surface area contributed by atoms with E-state index in [2.05, 4.69) is 24.5 Å². The van der Waals surface area contributed by atoms with E-state index in [0.29, 0.717) is 31.0 Å². The van der Waals surface area contributed by atoms with Crippen molar-refractivity contribution in [2.75, 3.05) is 45.2 Å². The lowest BCUT2D eigenvalue weighted by Gasteiger charge is -2.25. The number of rotatable bonds is 16. The standard InChI is InChI=1S/C24H34F2N6O4S/c1-4-19(21(25)7-6-17-10-24(14-33,15-34)36-30-17)20(5-2)22(26)8-9-27-11-18(32(3)16-35)12-28-23-13-29-37-31-23/h4-5,7-8,13,16,18,27,33-34H,6,9-12,14-15H2,1-3H3,(H,28,31)/b19-4-,20-5-,21-7+,22-8+. The van der Waals surface area contributed by atoms with Gasteiger partial charge in [-0.25, -0.2) is 8.78 Å². The van der Waals surface area contributed by atoms with Crippen LogP contribution in [0.4, 0.5) is 14.6 Å². The Morgan fingerprint density at radius 3 is 2.43 bits per heavy atom. The highest BCUT2D eigenvalue weighted by Gasteiger charge is 2.37. The van der Waals surface area contributed by atoms with Gasteiger partial charge in [-0.1, -0.05) is 17.3 Å². The molecule has 0 saturated heterocycles. The molecule has 13 heteroatoms. The van der Waals surface area contributed by atoms with Crippen molar-refractivity contribution in [3.8, 4) is 0 Å². The summed E-state index contributed by atoms with van der Waals surface area (Å²) in [5.74, 6) is -0.615. The van der Waals surface area contributed by atoms with Crippen molar-refractivity contribution in [2.24, 2.45) is 5.16 Å². The molecule has 1 atom stereocenters. The van der Waals surface area contributed by atoms with E-state index < -0.39 is 30.5 Å². The first-order valence-electron chi connectivity index (χ1n) is 11.7. The van der Waals surface area contributed by atoms with Crippen molar-refractivity contribution >= 4 is 29.7 Å². The highest BCUT2D eigenvalue weighted by Crippen LogP contribution is 2.29. The van der Waals surface area contributed by atoms with Crippen LogP contribution in [0.25, 0.3) is 0 Å². The number of likely N-dealkylation sites (N-methyl/N-ethyl adjacent to an activating group) is 1. The van der Waals surface area contributed by atoms with Crippen molar-refractivity contribution < 1.29 is 28.6 Å². The first-order valence-corrected chi connectivity index (χ1v) is 12.5. The Morgan fingerprint density at radius 1 is 1.22 bits per heavy atom. The van der Waals surface area contributed by atoms with Crippen LogP contribution in [0.5, 0.6) is 0 Å². The van der Waals surface area contributed by atoms with Gasteiger partial charge in [0.25, 0.3) is 0 Å². The zero-order valence-corrected chi connectivity index (χ0v) is 22.0. The van der Waals surface area contributed by atoms with E-state index in [4.69, 9.17) is 4.84 Å². The second-order valence-corrected chi connectivity index (χ2v) is 8.95. The molecular formula is C24H34F2N6O4S. The Labute approximate surface area is 219 Å². The fourth-order valence-electron chi connectivity index (χ4n) is 3.52. The number of oxime groups is 1. The Balaban J connectivity index is 1.95. The summed E-state index contributed by atoms with van der Waals surface area (Å²) < 4.78 is 38.0. The van der Waals surface area contributed by atoms with E-state index >= 15 is 4.39 Å². The van der Waals surface area contributed by atoms with Gasteiger partial charge >= 0.3 is 0 Å². The Kier molecular flexibility index (Phi) is 12.5. The molecule has 10 nitrogen and oxygen atoms in total. The summed E-state index contributed by atoms with van der Waals surface area (Å²) in [5, 5.41) is 28.8. The second-order valence-electron chi connectivity index (χ2n) is 8.39. The zero-order chi connectivity index (χ0) is 27.3. The number of aromatic nitrogens is 2. The first kappa shape index (κ1) is 30.2. The van der Waals surface area contributed by atoms with Crippen molar-refractivity contribution in [1.29, 1.82) is 0 Å². The summed E-state index contributed by atoms with van der Waals surface area (Å²) >= 11 is 1.07. The van der Waals surface area contributed by atoms with Crippen LogP contribution in [-0.2, 0) is 9.63 Å². The molecule has 1 amide bonds. The number of hydrogen-bond donors (Lipinski definition) is 4. The smallest absolute Gasteiger partial charge is 0.209 e. The number of amides is 1. The summed E-state index contributed by atoms with van der Waals surface area (Å²) in [6.45, 7) is 3.36. The molecule has 1 aliphatic heterocycles. The summed E-state index contributed by atoms with van der Waals surface area (Å²) in [4.78, 5) is 17.8. The molecule has 0 fully saturated rings. The molecule has 1 unspecified atom stereocenters. The highest BCUT2D eigenvalue weighted by atomic mass is 32.1. The molecule has 0 aromatic carbocycles. The number of anilines is 1. The summed E-state index contributed by atoms with van der Waals surface area (Å²) in [7, 11) is 1.65. The number of aliphatic hydroxyl groups is 2. The molecule has 37 heavy (non-hydrogen) atoms. The summed E-state index contributed by atoms with van der Waals surface area (Å²) in [5.41, 5.74) is -0.535. The molecular weight excluding hydrogens is 506 g/mol. The van der Waals surface area contributed by atoms with Crippen LogP contribution in [0.1, 0.15) is 26.7 Å². The number of carbonyl (C=O) groups excluding carboxylic acids is 1. The summed E-state index contributed by atoms with van der Waals surface area (Å²) in [6, 6.07) is -0.221. The van der Waals surface area contributed by atoms with E-state index in [1.807, 2.05) is 0 Å². The van der Waals surface area contributed by atoms with Crippen LogP contribution >= 0.6 is 11.7 Å². The molecule has 0 aliphatic carbocycles. The molecule has 2 rings (SSSR count). The Morgan fingerprint density at radius 2 is 1.89 bits per heavy atom. The molecule has 1 aromatic heterocycles. The third kappa shape index (κ3) is 8.81. The molecule has 0 saturated carbocycles. The molecule has 0 bridgehead atoms. The lowest BCUT2D eigenvalue weighted by Crippen LogP contribution is -2.44. The maximum absolute atomic E-state index is 15.0. The van der Waals surface area contributed by atoms with Crippen LogP contribution in [0.3, 0.4) is 0 Å². The minimum atomic E-state index is -1.19. The summed E-state index contributed by atoms with van der Waals surface area (Å²) in [6.07, 6.45) is 8.11. The fourth-order valence-corrected chi connectivity index (χ4v) is 3.91. The van der Waals surface area contributed by atoms with E-state index in [1.165, 1.54) is 29.2 Å². The van der Waals surface area contributed by atoms with E-state index in [1.54, 1.807) is 27.1 Å². The van der Waals surface area contributed by atoms with Gasteiger partial charge < -0.3 is 30.6 Å². The van der Waals surface area contributed by atoms with Gasteiger partial charge in [-0.05, 0) is 26.0 Å². The normalized spacial score (nSPS) is 17.3. The molecule has 0 radical (unpaired) electrons. The third-order valence-corrected chi connectivity index (χ3v) is 6.28. The van der Waals surface area contributed by atoms with Crippen molar-refractivity contribution in [2.45, 2.75) is 38.3 Å². The van der Waals surface area contributed by atoms with Crippen molar-refractivity contribution in [3.63, 3.8) is 0 Å². The molecule has 4 N–H and O–H groups in total. The monoisotopic (exact) mass is 540 g/mol. The lowest BCUT2D eigenvalue weighted by atomic mass is 9.97. The largest absolute Gasteiger partial charge is 0.392 e. The van der Waals surface area contributed by atoms with Crippen molar-refractivity contribution in [1.82, 2.24) is 19.0 Å². The van der Waals surface area contributed by atoms with Gasteiger partial charge in [0.2, 0.25) is 6.41 Å². The van der Waals surface area contributed by atoms with Gasteiger partial charge in [0.1, 0.15) is 11.7 Å². The maximum Gasteiger partial charge on any atom is 0.209 e. The minimum Gasteiger partial charge on any atom is -0.392 e. The van der Waals surface area contributed by atoms with Crippen LogP contribution in [0, 0.1) is 0 Å². The number of allylic oxidation sites excluding steroid dienone is 7. The van der Waals surface area contributed by atoms with Gasteiger partial charge in [-0.2, -0.15) is 8.75 Å². The van der Waals surface area contributed by atoms with Gasteiger partial charge in [-0.15, -0.1) is 0 Å². The number of nitrogens with zero attached hydrogens (tertiary/aromatic N) is 4. The average molecular weight is 541 g/mol. The molecule has 1 aromatic rings. The average Bonchev–Trinajstić information content (AvgIpc) is 3.59. The third-order valence-electron chi connectivity index (χ3n) is 5.80. The molecule has 1 aliphatic rings. The fraction of sp³-hybridized carbons (Fsp3) is 0.500. The van der Waals surface area contributed by atoms with Gasteiger partial charge in [0.05, 0.1) is 42.9 Å². The lowest BCUT2D eigenvalue weighted by molar-refractivity contribution is -0.118. The predicted octanol–water partition coefficient (Wildman–Crippen LogP) is 2.49. The van der Waals surface area contributed by atoms with Crippen molar-refractivity contribution in [3.05, 3.63) is 53.3 Å². The number of nitrogens with one attached hydrogen (secondary N) is 2. The van der Waals surface area contributed by atoms with Crippen LogP contribution in [-0.4, -0.2) is 87.5 Å². The van der Waals surface area contributed by atoms with Crippen LogP contribution < -0.4 is 10.6 Å². The molecule has 2 heterocycles. The van der Waals surface area contributed by atoms with Gasteiger partial charge in [-0.3, -0.25) is 4.79 Å². The molecule has 0 spiro atoms. The topological polar surface area (TPSA) is 132 Å². The van der Waals surface area contributed by atoms with Crippen LogP contribution in [0.15, 0.2) is 58.5 Å². The number of carbonyl (C=O) groups is 1. The predicted molar refractivity (Wildman–Crippen MR) is 139 cm³/mol. The Bertz CT molecular complexity index is 1020. The first-order chi connectivity index (χ1) is 17.8. The van der Waals surface area contributed by atoms with E-state index in [0.717, 1.165) is 11.7 Å². The quantitative estimate of drug-likeness (QED) is 0.143. The minimum absolute atomic E-state index is 0.0887. The van der Waals surface area contributed by atoms with Gasteiger partial charge in [0, 0.05) is 50.7 Å². The number of aliphatic hydroxyl groups excluding tert-OH is 2. The van der Waals surface area contributed by atoms with Gasteiger partial charge in [0.15, 0.2) is 11.4 Å². The van der Waals surface area contributed by atoms with Crippen LogP contribution in [0.2, 0.25) is 0 Å². The van der Waals surface area contributed by atoms with E-state index in [9.17, 15) is 19.4 Å². The number of halogens is 2. The highest BCUT2D eigenvalue weighted by molar-refractivity contribution is 6.99. The zero-order valence-electron chi connectivity index (χ0n) is 21.2. The Hall–Kier alpha value is -3.00. The molecule has 204 valence electrons. The van der Waals surface area contributed by atoms with E-state index in [-0.39, 0.29) is 36.6 Å². The SMILES string of the molecule is C/C=C(C(=C/C)/C(F)=C\CC1=NOC(CO)(CO)C1)\C(F)=C/CNCC(CNc1cnsn1)N(C)C=O. The second kappa shape index (κ2) is 15.3. The maximum atomic E-state index is 15.0.